The molecule has 0 aliphatic carbocycles. The lowest BCUT2D eigenvalue weighted by Gasteiger charge is -2.30. The normalized spacial score (nSPS) is 12.1. The molecule has 0 spiro atoms. The van der Waals surface area contributed by atoms with Gasteiger partial charge in [-0.05, 0) is 56.0 Å². The Balaban J connectivity index is 2.19. The van der Waals surface area contributed by atoms with E-state index in [2.05, 4.69) is 5.32 Å². The van der Waals surface area contributed by atoms with Gasteiger partial charge >= 0.3 is 0 Å². The molecule has 2 aromatic rings. The zero-order valence-electron chi connectivity index (χ0n) is 21.6. The molecule has 0 aromatic heterocycles. The quantitative estimate of drug-likeness (QED) is 0.414. The Labute approximate surface area is 219 Å². The van der Waals surface area contributed by atoms with Crippen molar-refractivity contribution in [3.63, 3.8) is 0 Å². The van der Waals surface area contributed by atoms with Gasteiger partial charge in [-0.3, -0.25) is 13.9 Å². The molecule has 1 N–H and O–H groups in total. The highest BCUT2D eigenvalue weighted by Crippen LogP contribution is 2.30. The third kappa shape index (κ3) is 8.13. The number of carbonyl (C=O) groups is 2. The fourth-order valence-electron chi connectivity index (χ4n) is 3.76. The molecular weight excluding hydrogens is 502 g/mol. The molecule has 1 atom stereocenters. The van der Waals surface area contributed by atoms with Gasteiger partial charge in [-0.25, -0.2) is 8.42 Å². The fraction of sp³-hybridized carbons (Fsp3) is 0.462. The molecule has 2 amide bonds. The van der Waals surface area contributed by atoms with E-state index < -0.39 is 16.1 Å². The van der Waals surface area contributed by atoms with Crippen LogP contribution in [0.5, 0.6) is 5.75 Å². The molecule has 36 heavy (non-hydrogen) atoms. The molecule has 0 aliphatic rings. The SMILES string of the molecule is CCCNC(=O)[C@@H](C)N(Cc1ccccc1C)C(=O)CCCN(c1ccc(OC)c(Cl)c1)S(C)(=O)=O. The zero-order chi connectivity index (χ0) is 26.9. The molecule has 0 unspecified atom stereocenters. The first-order valence-corrected chi connectivity index (χ1v) is 14.1. The van der Waals surface area contributed by atoms with Crippen LogP contribution in [0.3, 0.4) is 0 Å². The Bertz CT molecular complexity index is 1160. The largest absolute Gasteiger partial charge is 0.495 e. The second-order valence-corrected chi connectivity index (χ2v) is 11.0. The van der Waals surface area contributed by atoms with E-state index in [4.69, 9.17) is 16.3 Å². The number of hydrogen-bond acceptors (Lipinski definition) is 5. The lowest BCUT2D eigenvalue weighted by Crippen LogP contribution is -2.48. The van der Waals surface area contributed by atoms with Crippen molar-refractivity contribution < 1.29 is 22.7 Å². The van der Waals surface area contributed by atoms with Crippen molar-refractivity contribution in [1.29, 1.82) is 0 Å². The summed E-state index contributed by atoms with van der Waals surface area (Å²) in [7, 11) is -2.14. The predicted molar refractivity (Wildman–Crippen MR) is 144 cm³/mol. The Kier molecular flexibility index (Phi) is 11.0. The highest BCUT2D eigenvalue weighted by molar-refractivity contribution is 7.92. The molecule has 8 nitrogen and oxygen atoms in total. The van der Waals surface area contributed by atoms with E-state index in [0.29, 0.717) is 18.0 Å². The predicted octanol–water partition coefficient (Wildman–Crippen LogP) is 4.15. The fourth-order valence-corrected chi connectivity index (χ4v) is 4.97. The molecule has 0 heterocycles. The number of halogens is 1. The summed E-state index contributed by atoms with van der Waals surface area (Å²) in [6, 6.07) is 11.8. The van der Waals surface area contributed by atoms with Crippen molar-refractivity contribution in [2.75, 3.05) is 30.8 Å². The van der Waals surface area contributed by atoms with Crippen LogP contribution in [-0.2, 0) is 26.2 Å². The van der Waals surface area contributed by atoms with E-state index in [1.54, 1.807) is 24.0 Å². The van der Waals surface area contributed by atoms with Gasteiger partial charge in [0.1, 0.15) is 11.8 Å². The Morgan fingerprint density at radius 2 is 1.86 bits per heavy atom. The monoisotopic (exact) mass is 537 g/mol. The summed E-state index contributed by atoms with van der Waals surface area (Å²) >= 11 is 6.19. The maximum atomic E-state index is 13.3. The topological polar surface area (TPSA) is 96.0 Å². The van der Waals surface area contributed by atoms with Crippen LogP contribution in [0.25, 0.3) is 0 Å². The number of amides is 2. The number of sulfonamides is 1. The van der Waals surface area contributed by atoms with Gasteiger partial charge in [-0.15, -0.1) is 0 Å². The van der Waals surface area contributed by atoms with Crippen LogP contribution in [0.4, 0.5) is 5.69 Å². The molecule has 2 aromatic carbocycles. The van der Waals surface area contributed by atoms with E-state index in [1.807, 2.05) is 38.1 Å². The first-order valence-electron chi connectivity index (χ1n) is 11.9. The summed E-state index contributed by atoms with van der Waals surface area (Å²) in [5.74, 6) is -0.00531. The van der Waals surface area contributed by atoms with Gasteiger partial charge in [-0.2, -0.15) is 0 Å². The standard InChI is InChI=1S/C26H36ClN3O5S/c1-6-15-28-26(32)20(3)29(18-21-11-8-7-10-19(21)2)25(31)12-9-16-30(36(5,33)34)22-13-14-24(35-4)23(27)17-22/h7-8,10-11,13-14,17,20H,6,9,12,15-16,18H2,1-5H3,(H,28,32)/t20-/m1/s1. The maximum absolute atomic E-state index is 13.3. The van der Waals surface area contributed by atoms with Crippen LogP contribution < -0.4 is 14.4 Å². The zero-order valence-corrected chi connectivity index (χ0v) is 23.2. The number of nitrogens with zero attached hydrogens (tertiary/aromatic N) is 2. The molecule has 0 aliphatic heterocycles. The number of benzene rings is 2. The van der Waals surface area contributed by atoms with E-state index in [-0.39, 0.29) is 42.8 Å². The number of carbonyl (C=O) groups excluding carboxylic acids is 2. The van der Waals surface area contributed by atoms with Gasteiger partial charge < -0.3 is 15.0 Å². The van der Waals surface area contributed by atoms with Crippen molar-refractivity contribution >= 4 is 39.1 Å². The average Bonchev–Trinajstić information content (AvgIpc) is 2.83. The summed E-state index contributed by atoms with van der Waals surface area (Å²) in [4.78, 5) is 27.6. The molecule has 0 saturated carbocycles. The van der Waals surface area contributed by atoms with Crippen LogP contribution in [0.2, 0.25) is 5.02 Å². The Hall–Kier alpha value is -2.78. The van der Waals surface area contributed by atoms with Crippen LogP contribution >= 0.6 is 11.6 Å². The lowest BCUT2D eigenvalue weighted by molar-refractivity contribution is -0.140. The summed E-state index contributed by atoms with van der Waals surface area (Å²) in [5, 5.41) is 3.14. The van der Waals surface area contributed by atoms with Crippen molar-refractivity contribution in [2.45, 2.75) is 52.6 Å². The van der Waals surface area contributed by atoms with E-state index >= 15 is 0 Å². The Morgan fingerprint density at radius 3 is 2.44 bits per heavy atom. The second kappa shape index (κ2) is 13.5. The summed E-state index contributed by atoms with van der Waals surface area (Å²) < 4.78 is 31.3. The lowest BCUT2D eigenvalue weighted by atomic mass is 10.1. The summed E-state index contributed by atoms with van der Waals surface area (Å²) in [5.41, 5.74) is 2.36. The maximum Gasteiger partial charge on any atom is 0.242 e. The second-order valence-electron chi connectivity index (χ2n) is 8.67. The van der Waals surface area contributed by atoms with Crippen LogP contribution in [0, 0.1) is 6.92 Å². The number of nitrogens with one attached hydrogen (secondary N) is 1. The van der Waals surface area contributed by atoms with Gasteiger partial charge in [0.05, 0.1) is 24.1 Å². The van der Waals surface area contributed by atoms with Gasteiger partial charge in [0.25, 0.3) is 0 Å². The molecular formula is C26H36ClN3O5S. The smallest absolute Gasteiger partial charge is 0.242 e. The molecule has 0 saturated heterocycles. The first kappa shape index (κ1) is 29.5. The number of methoxy groups -OCH3 is 1. The first-order chi connectivity index (χ1) is 17.0. The van der Waals surface area contributed by atoms with Crippen molar-refractivity contribution in [3.8, 4) is 5.75 Å². The minimum Gasteiger partial charge on any atom is -0.495 e. The Morgan fingerprint density at radius 1 is 1.17 bits per heavy atom. The van der Waals surface area contributed by atoms with Crippen LogP contribution in [0.15, 0.2) is 42.5 Å². The minimum atomic E-state index is -3.62. The van der Waals surface area contributed by atoms with Crippen molar-refractivity contribution in [2.24, 2.45) is 0 Å². The minimum absolute atomic E-state index is 0.0766. The molecule has 10 heteroatoms. The molecule has 0 bridgehead atoms. The van der Waals surface area contributed by atoms with Gasteiger partial charge in [0, 0.05) is 26.1 Å². The number of anilines is 1. The molecule has 0 fully saturated rings. The van der Waals surface area contributed by atoms with Crippen molar-refractivity contribution in [3.05, 3.63) is 58.6 Å². The highest BCUT2D eigenvalue weighted by atomic mass is 35.5. The number of hydrogen-bond donors (Lipinski definition) is 1. The molecule has 0 radical (unpaired) electrons. The van der Waals surface area contributed by atoms with Crippen LogP contribution in [0.1, 0.15) is 44.2 Å². The van der Waals surface area contributed by atoms with E-state index in [1.165, 1.54) is 17.5 Å². The number of rotatable bonds is 13. The third-order valence-electron chi connectivity index (χ3n) is 5.89. The van der Waals surface area contributed by atoms with E-state index in [0.717, 1.165) is 23.8 Å². The van der Waals surface area contributed by atoms with Gasteiger partial charge in [-0.1, -0.05) is 42.8 Å². The average molecular weight is 538 g/mol. The molecule has 198 valence electrons. The highest BCUT2D eigenvalue weighted by Gasteiger charge is 2.27. The summed E-state index contributed by atoms with van der Waals surface area (Å²) in [6.45, 7) is 6.54. The van der Waals surface area contributed by atoms with E-state index in [9.17, 15) is 18.0 Å². The summed E-state index contributed by atoms with van der Waals surface area (Å²) in [6.07, 6.45) is 2.24. The number of aryl methyl sites for hydroxylation is 1. The van der Waals surface area contributed by atoms with Crippen LogP contribution in [-0.4, -0.2) is 57.6 Å². The third-order valence-corrected chi connectivity index (χ3v) is 7.38. The number of ether oxygens (including phenoxy) is 1. The molecule has 2 rings (SSSR count). The van der Waals surface area contributed by atoms with Gasteiger partial charge in [0.15, 0.2) is 0 Å². The van der Waals surface area contributed by atoms with Crippen molar-refractivity contribution in [1.82, 2.24) is 10.2 Å². The van der Waals surface area contributed by atoms with Gasteiger partial charge in [0.2, 0.25) is 21.8 Å².